The molecule has 13 nitrogen and oxygen atoms in total. The number of aromatic nitrogens is 3. The largest absolute Gasteiger partial charge is 0.497 e. The molecule has 3 aliphatic heterocycles. The fourth-order valence-electron chi connectivity index (χ4n) is 9.67. The van der Waals surface area contributed by atoms with Gasteiger partial charge in [0, 0.05) is 36.8 Å². The van der Waals surface area contributed by atoms with Crippen molar-refractivity contribution >= 4 is 42.4 Å². The molecule has 6 atom stereocenters. The number of hydrogen-bond donors (Lipinski definition) is 1. The van der Waals surface area contributed by atoms with Gasteiger partial charge >= 0.3 is 5.97 Å². The van der Waals surface area contributed by atoms with Crippen LogP contribution >= 0.6 is 0 Å². The minimum Gasteiger partial charge on any atom is -0.497 e. The van der Waals surface area contributed by atoms with Crippen LogP contribution in [0.15, 0.2) is 103 Å². The summed E-state index contributed by atoms with van der Waals surface area (Å²) in [7, 11) is 0.848. The summed E-state index contributed by atoms with van der Waals surface area (Å²) in [6, 6.07) is 31.2. The molecule has 2 saturated heterocycles. The highest BCUT2D eigenvalue weighted by molar-refractivity contribution is 6.91. The van der Waals surface area contributed by atoms with Crippen LogP contribution in [0.25, 0.3) is 0 Å². The number of carbonyl (C=O) groups is 3. The van der Waals surface area contributed by atoms with Crippen molar-refractivity contribution in [3.8, 4) is 11.5 Å². The number of ether oxygens (including phenoxy) is 4. The third-order valence-corrected chi connectivity index (χ3v) is 17.1. The number of hydrogen-bond acceptors (Lipinski definition) is 10. The van der Waals surface area contributed by atoms with Gasteiger partial charge in [0.2, 0.25) is 5.91 Å². The number of esters is 1. The Balaban J connectivity index is 1.13. The van der Waals surface area contributed by atoms with Gasteiger partial charge in [0.15, 0.2) is 11.8 Å². The Labute approximate surface area is 350 Å². The number of aliphatic hydroxyl groups excluding tert-OH is 1. The van der Waals surface area contributed by atoms with E-state index in [0.717, 1.165) is 28.1 Å². The predicted molar refractivity (Wildman–Crippen MR) is 228 cm³/mol. The van der Waals surface area contributed by atoms with Gasteiger partial charge in [0.1, 0.15) is 11.5 Å². The highest BCUT2D eigenvalue weighted by Gasteiger charge is 2.66. The summed E-state index contributed by atoms with van der Waals surface area (Å²) in [5.74, 6) is 0.147. The van der Waals surface area contributed by atoms with Crippen LogP contribution in [0.1, 0.15) is 55.0 Å². The fraction of sp³-hybridized carbons (Fsp3) is 0.370. The van der Waals surface area contributed by atoms with Crippen molar-refractivity contribution in [3.05, 3.63) is 126 Å². The molecule has 5 aromatic rings. The van der Waals surface area contributed by atoms with Crippen LogP contribution < -0.4 is 24.5 Å². The normalized spacial score (nSPS) is 22.8. The molecule has 1 spiro atoms. The van der Waals surface area contributed by atoms with Crippen molar-refractivity contribution < 1.29 is 38.4 Å². The maximum absolute atomic E-state index is 15.4. The topological polar surface area (TPSA) is 146 Å². The third kappa shape index (κ3) is 7.15. The molecule has 8 rings (SSSR count). The van der Waals surface area contributed by atoms with Crippen LogP contribution in [0.5, 0.6) is 11.5 Å². The molecule has 0 aliphatic carbocycles. The molecule has 2 fully saturated rings. The van der Waals surface area contributed by atoms with Crippen molar-refractivity contribution in [2.24, 2.45) is 5.92 Å². The van der Waals surface area contributed by atoms with Crippen molar-refractivity contribution in [1.29, 1.82) is 0 Å². The first-order valence-corrected chi connectivity index (χ1v) is 23.4. The van der Waals surface area contributed by atoms with Crippen LogP contribution in [0.3, 0.4) is 0 Å². The van der Waals surface area contributed by atoms with Gasteiger partial charge in [-0.1, -0.05) is 85.0 Å². The van der Waals surface area contributed by atoms with E-state index in [9.17, 15) is 14.7 Å². The first kappa shape index (κ1) is 40.9. The molecule has 1 aromatic heterocycles. The molecule has 1 N–H and O–H groups in total. The Morgan fingerprint density at radius 1 is 0.967 bits per heavy atom. The third-order valence-electron chi connectivity index (χ3n) is 12.7. The van der Waals surface area contributed by atoms with Crippen LogP contribution in [0, 0.1) is 5.92 Å². The van der Waals surface area contributed by atoms with Gasteiger partial charge in [-0.2, -0.15) is 0 Å². The summed E-state index contributed by atoms with van der Waals surface area (Å²) in [5, 5.41) is 20.5. The lowest BCUT2D eigenvalue weighted by Gasteiger charge is -2.39. The first-order chi connectivity index (χ1) is 28.9. The van der Waals surface area contributed by atoms with Gasteiger partial charge in [0.05, 0.1) is 65.3 Å². The van der Waals surface area contributed by atoms with E-state index < -0.39 is 25.9 Å². The second kappa shape index (κ2) is 16.3. The molecule has 4 heterocycles. The SMILES string of the molecule is COc1ccc([Si](C)(C)[C@@H]2[C@@H](CCn3cc(C(CO)c4ccccc4)nn3)O[C@]3(C(=O)N(Cc4ccc(N5C(=O)CC5OC(C)=O)cc4)c4ccc(OC)cc43)[C@H]2C)cc1. The van der Waals surface area contributed by atoms with Crippen LogP contribution in [-0.2, 0) is 42.5 Å². The summed E-state index contributed by atoms with van der Waals surface area (Å²) in [6.45, 7) is 8.84. The Bertz CT molecular complexity index is 2370. The van der Waals surface area contributed by atoms with E-state index in [4.69, 9.17) is 18.9 Å². The molecule has 0 saturated carbocycles. The lowest BCUT2D eigenvalue weighted by Crippen LogP contribution is -2.54. The average Bonchev–Trinajstić information content (AvgIpc) is 3.90. The molecule has 2 unspecified atom stereocenters. The highest BCUT2D eigenvalue weighted by atomic mass is 28.3. The van der Waals surface area contributed by atoms with Gasteiger partial charge in [-0.15, -0.1) is 5.10 Å². The number of benzene rings is 4. The number of anilines is 2. The molecule has 2 amide bonds. The van der Waals surface area contributed by atoms with E-state index in [1.807, 2.05) is 95.8 Å². The number of amides is 2. The number of methoxy groups -OCH3 is 2. The number of nitrogens with zero attached hydrogens (tertiary/aromatic N) is 5. The van der Waals surface area contributed by atoms with Crippen LogP contribution in [-0.4, -0.2) is 79.1 Å². The quantitative estimate of drug-likeness (QED) is 0.0817. The van der Waals surface area contributed by atoms with Crippen molar-refractivity contribution in [2.75, 3.05) is 30.6 Å². The van der Waals surface area contributed by atoms with Gasteiger partial charge in [-0.25, -0.2) is 0 Å². The zero-order valence-electron chi connectivity index (χ0n) is 34.8. The van der Waals surface area contributed by atoms with Crippen molar-refractivity contribution in [2.45, 2.75) is 82.3 Å². The van der Waals surface area contributed by atoms with E-state index in [-0.39, 0.29) is 54.9 Å². The second-order valence-corrected chi connectivity index (χ2v) is 21.2. The summed E-state index contributed by atoms with van der Waals surface area (Å²) < 4.78 is 25.8. The zero-order valence-corrected chi connectivity index (χ0v) is 35.8. The minimum atomic E-state index is -2.43. The second-order valence-electron chi connectivity index (χ2n) is 16.5. The van der Waals surface area contributed by atoms with Crippen LogP contribution in [0.4, 0.5) is 11.4 Å². The number of carbonyl (C=O) groups excluding carboxylic acids is 3. The number of β-lactam (4-membered cyclic amide) rings is 1. The summed E-state index contributed by atoms with van der Waals surface area (Å²) in [4.78, 5) is 42.8. The lowest BCUT2D eigenvalue weighted by molar-refractivity contribution is -0.154. The van der Waals surface area contributed by atoms with E-state index in [1.54, 1.807) is 19.1 Å². The first-order valence-electron chi connectivity index (χ1n) is 20.4. The number of fused-ring (bicyclic) bond motifs is 2. The van der Waals surface area contributed by atoms with Crippen molar-refractivity contribution in [3.63, 3.8) is 0 Å². The molecule has 3 aliphatic rings. The molecule has 60 heavy (non-hydrogen) atoms. The zero-order chi connectivity index (χ0) is 42.3. The average molecular weight is 830 g/mol. The molecular weight excluding hydrogens is 779 g/mol. The minimum absolute atomic E-state index is 0.00939. The van der Waals surface area contributed by atoms with Crippen molar-refractivity contribution in [1.82, 2.24) is 15.0 Å². The Kier molecular flexibility index (Phi) is 11.1. The molecule has 0 radical (unpaired) electrons. The lowest BCUT2D eigenvalue weighted by atomic mass is 9.82. The van der Waals surface area contributed by atoms with Gasteiger partial charge in [-0.05, 0) is 65.6 Å². The van der Waals surface area contributed by atoms with E-state index in [1.165, 1.54) is 17.0 Å². The van der Waals surface area contributed by atoms with E-state index in [0.29, 0.717) is 30.1 Å². The maximum Gasteiger partial charge on any atom is 0.304 e. The van der Waals surface area contributed by atoms with E-state index in [2.05, 4.69) is 42.5 Å². The standard InChI is InChI=1S/C46H51N5O8Si/c1-29-44(60(5,6)36-19-16-34(56-3)17-20-36)41(22-23-49-27-39(47-48-49)37(28-52)32-10-8-7-9-11-32)59-46(29)38-24-35(57-4)18-21-40(38)50(45(46)55)26-31-12-14-33(15-13-31)51-42(54)25-43(51)58-30(2)53/h7-21,24,27,29,37,41,43-44,52H,22-23,25-26,28H2,1-6H3/t29-,37?,41+,43?,44-,46+/m0/s1. The summed E-state index contributed by atoms with van der Waals surface area (Å²) in [5.41, 5.74) is 3.33. The number of aryl methyl sites for hydroxylation is 1. The molecular formula is C46H51N5O8Si. The van der Waals surface area contributed by atoms with Gasteiger partial charge in [-0.3, -0.25) is 24.0 Å². The van der Waals surface area contributed by atoms with E-state index >= 15 is 4.79 Å². The maximum atomic E-state index is 15.4. The van der Waals surface area contributed by atoms with Gasteiger partial charge < -0.3 is 29.0 Å². The number of aliphatic hydroxyl groups is 1. The number of rotatable bonds is 14. The Morgan fingerprint density at radius 2 is 1.67 bits per heavy atom. The fourth-order valence-corrected chi connectivity index (χ4v) is 13.7. The molecule has 0 bridgehead atoms. The predicted octanol–water partition coefficient (Wildman–Crippen LogP) is 5.90. The van der Waals surface area contributed by atoms with Crippen LogP contribution in [0.2, 0.25) is 18.6 Å². The molecule has 4 aromatic carbocycles. The Hall–Kier alpha value is -5.83. The van der Waals surface area contributed by atoms with Gasteiger partial charge in [0.25, 0.3) is 5.91 Å². The molecule has 14 heteroatoms. The molecule has 312 valence electrons. The smallest absolute Gasteiger partial charge is 0.304 e. The Morgan fingerprint density at radius 3 is 2.32 bits per heavy atom. The monoisotopic (exact) mass is 829 g/mol. The summed E-state index contributed by atoms with van der Waals surface area (Å²) >= 11 is 0. The summed E-state index contributed by atoms with van der Waals surface area (Å²) in [6.07, 6.45) is 1.64. The highest BCUT2D eigenvalue weighted by Crippen LogP contribution is 2.60.